The molecular weight excluding hydrogens is 530 g/mol. The van der Waals surface area contributed by atoms with Crippen LogP contribution in [0.2, 0.25) is 0 Å². The molecule has 0 spiro atoms. The number of nitrogens with one attached hydrogen (secondary N) is 1. The number of nitrogens with zero attached hydrogens (tertiary/aromatic N) is 3. The molecule has 5 rings (SSSR count). The molecule has 1 aromatic carbocycles. The van der Waals surface area contributed by atoms with Crippen LogP contribution in [0.5, 0.6) is 5.75 Å². The summed E-state index contributed by atoms with van der Waals surface area (Å²) >= 11 is 0. The summed E-state index contributed by atoms with van der Waals surface area (Å²) in [4.78, 5) is 74.4. The minimum atomic E-state index is -2.75. The van der Waals surface area contributed by atoms with Gasteiger partial charge in [0.05, 0.1) is 17.5 Å². The highest BCUT2D eigenvalue weighted by Crippen LogP contribution is 2.52. The number of carbonyl (C=O) groups is 5. The van der Waals surface area contributed by atoms with Gasteiger partial charge in [-0.15, -0.1) is 0 Å². The molecule has 2 aromatic rings. The zero-order valence-electron chi connectivity index (χ0n) is 23.2. The summed E-state index contributed by atoms with van der Waals surface area (Å²) in [6.07, 6.45) is 1.81. The number of aromatic nitrogens is 1. The van der Waals surface area contributed by atoms with Gasteiger partial charge in [0.15, 0.2) is 34.7 Å². The largest absolute Gasteiger partial charge is 0.507 e. The molecule has 1 aromatic heterocycles. The van der Waals surface area contributed by atoms with Crippen LogP contribution in [-0.2, 0) is 32.1 Å². The normalized spacial score (nSPS) is 29.1. The summed E-state index contributed by atoms with van der Waals surface area (Å²) < 4.78 is 0. The number of primary amides is 1. The highest BCUT2D eigenvalue weighted by atomic mass is 16.3. The lowest BCUT2D eigenvalue weighted by atomic mass is 9.52. The maximum atomic E-state index is 14.1. The van der Waals surface area contributed by atoms with Crippen molar-refractivity contribution in [3.05, 3.63) is 47.2 Å². The topological polar surface area (TPSA) is 183 Å². The summed E-state index contributed by atoms with van der Waals surface area (Å²) in [5.41, 5.74) is 4.19. The minimum Gasteiger partial charge on any atom is -0.507 e. The molecule has 12 heteroatoms. The van der Waals surface area contributed by atoms with Gasteiger partial charge in [-0.05, 0) is 56.6 Å². The van der Waals surface area contributed by atoms with Crippen LogP contribution >= 0.6 is 0 Å². The van der Waals surface area contributed by atoms with Crippen molar-refractivity contribution in [1.82, 2.24) is 9.88 Å². The van der Waals surface area contributed by atoms with Crippen LogP contribution in [0.25, 0.3) is 0 Å². The third kappa shape index (κ3) is 4.20. The molecule has 216 valence electrons. The zero-order chi connectivity index (χ0) is 30.0. The van der Waals surface area contributed by atoms with E-state index in [1.165, 1.54) is 4.90 Å². The van der Waals surface area contributed by atoms with Gasteiger partial charge in [0.25, 0.3) is 0 Å². The van der Waals surface area contributed by atoms with E-state index in [1.54, 1.807) is 58.7 Å². The van der Waals surface area contributed by atoms with Crippen molar-refractivity contribution in [2.24, 2.45) is 29.4 Å². The molecule has 0 aliphatic heterocycles. The standard InChI is InChI=1S/C29H33N5O7/c1-33(2)17-11-14(12-32-18-7-5-6-8-31-18)23(35)20-15(17)9-13-10-16-22(34(3)4)25(37)21(28(30)40)27(39)29(16,41)26(38)19(13)24(20)36/h5-8,11,13,16,19,21-22,35,41H,9-10,12H2,1-4H3,(H2,30,40)(H,31,32)/t13-,16-,19?,21?,22?,29-/m1/s1. The molecule has 1 heterocycles. The third-order valence-electron chi connectivity index (χ3n) is 8.72. The Balaban J connectivity index is 1.60. The maximum absolute atomic E-state index is 14.1. The number of fused-ring (bicyclic) bond motifs is 3. The Morgan fingerprint density at radius 1 is 1.15 bits per heavy atom. The number of benzene rings is 1. The van der Waals surface area contributed by atoms with Crippen molar-refractivity contribution < 1.29 is 34.2 Å². The van der Waals surface area contributed by atoms with Crippen LogP contribution in [-0.4, -0.2) is 89.0 Å². The van der Waals surface area contributed by atoms with Crippen LogP contribution < -0.4 is 16.0 Å². The second-order valence-electron chi connectivity index (χ2n) is 11.5. The number of hydrogen-bond acceptors (Lipinski definition) is 11. The second-order valence-corrected chi connectivity index (χ2v) is 11.5. The minimum absolute atomic E-state index is 0.000505. The van der Waals surface area contributed by atoms with Gasteiger partial charge in [0.1, 0.15) is 11.6 Å². The van der Waals surface area contributed by atoms with E-state index in [-0.39, 0.29) is 30.7 Å². The molecule has 2 saturated carbocycles. The summed E-state index contributed by atoms with van der Waals surface area (Å²) in [6.45, 7) is 0.129. The molecule has 2 fully saturated rings. The Bertz CT molecular complexity index is 1470. The van der Waals surface area contributed by atoms with Gasteiger partial charge >= 0.3 is 0 Å². The zero-order valence-corrected chi connectivity index (χ0v) is 23.2. The van der Waals surface area contributed by atoms with Crippen molar-refractivity contribution in [3.63, 3.8) is 0 Å². The van der Waals surface area contributed by atoms with Crippen LogP contribution in [0.15, 0.2) is 30.5 Å². The number of pyridine rings is 1. The first-order valence-electron chi connectivity index (χ1n) is 13.3. The number of rotatable bonds is 6. The Labute approximate surface area is 236 Å². The van der Waals surface area contributed by atoms with Crippen molar-refractivity contribution >= 4 is 40.5 Å². The molecule has 5 N–H and O–H groups in total. The van der Waals surface area contributed by atoms with E-state index in [2.05, 4.69) is 10.3 Å². The van der Waals surface area contributed by atoms with Gasteiger partial charge < -0.3 is 26.2 Å². The number of ketones is 4. The summed E-state index contributed by atoms with van der Waals surface area (Å²) in [5, 5.41) is 26.2. The van der Waals surface area contributed by atoms with Gasteiger partial charge in [0, 0.05) is 44.0 Å². The number of aliphatic hydroxyl groups is 1. The first-order valence-corrected chi connectivity index (χ1v) is 13.3. The molecule has 0 bridgehead atoms. The molecule has 6 atom stereocenters. The number of phenols is 1. The van der Waals surface area contributed by atoms with Gasteiger partial charge in [0.2, 0.25) is 5.91 Å². The Kier molecular flexibility index (Phi) is 6.94. The number of phenolic OH excluding ortho intramolecular Hbond substituents is 1. The highest BCUT2D eigenvalue weighted by Gasteiger charge is 2.69. The number of Topliss-reactive ketones (excluding diaryl/α,β-unsaturated/α-hetero) is 4. The van der Waals surface area contributed by atoms with Crippen molar-refractivity contribution in [2.75, 3.05) is 38.4 Å². The van der Waals surface area contributed by atoms with Crippen molar-refractivity contribution in [2.45, 2.75) is 31.0 Å². The first kappa shape index (κ1) is 28.4. The summed E-state index contributed by atoms with van der Waals surface area (Å²) in [6, 6.07) is 5.94. The van der Waals surface area contributed by atoms with Gasteiger partial charge in [-0.25, -0.2) is 4.98 Å². The van der Waals surface area contributed by atoms with E-state index < -0.39 is 64.4 Å². The summed E-state index contributed by atoms with van der Waals surface area (Å²) in [7, 11) is 6.71. The van der Waals surface area contributed by atoms with Gasteiger partial charge in [-0.2, -0.15) is 0 Å². The Hall–Kier alpha value is -4.16. The van der Waals surface area contributed by atoms with E-state index in [4.69, 9.17) is 5.73 Å². The fourth-order valence-corrected chi connectivity index (χ4v) is 6.89. The number of nitrogens with two attached hydrogens (primary N) is 1. The lowest BCUT2D eigenvalue weighted by Gasteiger charge is -2.52. The molecule has 41 heavy (non-hydrogen) atoms. The summed E-state index contributed by atoms with van der Waals surface area (Å²) in [5.74, 6) is -10.1. The average molecular weight is 564 g/mol. The van der Waals surface area contributed by atoms with E-state index in [9.17, 15) is 34.2 Å². The van der Waals surface area contributed by atoms with E-state index in [0.717, 1.165) is 0 Å². The smallest absolute Gasteiger partial charge is 0.235 e. The lowest BCUT2D eigenvalue weighted by Crippen LogP contribution is -2.74. The molecule has 0 radical (unpaired) electrons. The number of carbonyl (C=O) groups excluding carboxylic acids is 5. The monoisotopic (exact) mass is 563 g/mol. The average Bonchev–Trinajstić information content (AvgIpc) is 2.90. The first-order chi connectivity index (χ1) is 19.3. The number of aromatic hydroxyl groups is 1. The molecule has 3 unspecified atom stereocenters. The highest BCUT2D eigenvalue weighted by molar-refractivity contribution is 6.32. The van der Waals surface area contributed by atoms with E-state index in [1.807, 2.05) is 4.90 Å². The van der Waals surface area contributed by atoms with Gasteiger partial charge in [-0.1, -0.05) is 6.07 Å². The van der Waals surface area contributed by atoms with Crippen LogP contribution in [0.4, 0.5) is 11.5 Å². The molecule has 0 saturated heterocycles. The second kappa shape index (κ2) is 10.0. The molecular formula is C29H33N5O7. The quantitative estimate of drug-likeness (QED) is 0.345. The van der Waals surface area contributed by atoms with Crippen molar-refractivity contribution in [3.8, 4) is 5.75 Å². The predicted octanol–water partition coefficient (Wildman–Crippen LogP) is -0.0599. The number of anilines is 2. The fraction of sp³-hybridized carbons (Fsp3) is 0.448. The van der Waals surface area contributed by atoms with Gasteiger partial charge in [-0.3, -0.25) is 28.9 Å². The number of amides is 1. The Morgan fingerprint density at radius 2 is 1.85 bits per heavy atom. The lowest BCUT2D eigenvalue weighted by molar-refractivity contribution is -0.181. The SMILES string of the molecule is CN(C)c1cc(CNc2ccccn2)c(O)c2c1C[C@@H]1C[C@@H]3C(N(C)C)C(=O)C(C(N)=O)C(=O)[C@]3(O)C(=O)C1C2=O. The van der Waals surface area contributed by atoms with Crippen LogP contribution in [0.3, 0.4) is 0 Å². The molecule has 3 aliphatic carbocycles. The number of likely N-dealkylation sites (N-methyl/N-ethyl adjacent to an activating group) is 1. The fourth-order valence-electron chi connectivity index (χ4n) is 6.89. The number of hydrogen-bond donors (Lipinski definition) is 4. The maximum Gasteiger partial charge on any atom is 0.235 e. The Morgan fingerprint density at radius 3 is 2.44 bits per heavy atom. The molecule has 3 aliphatic rings. The van der Waals surface area contributed by atoms with Crippen molar-refractivity contribution in [1.29, 1.82) is 0 Å². The van der Waals surface area contributed by atoms with E-state index >= 15 is 0 Å². The predicted molar refractivity (Wildman–Crippen MR) is 147 cm³/mol. The van der Waals surface area contributed by atoms with E-state index in [0.29, 0.717) is 22.6 Å². The van der Waals surface area contributed by atoms with Crippen LogP contribution in [0.1, 0.15) is 27.9 Å². The van der Waals surface area contributed by atoms with Crippen LogP contribution in [0, 0.1) is 23.7 Å². The third-order valence-corrected chi connectivity index (χ3v) is 8.72. The molecule has 1 amide bonds. The molecule has 12 nitrogen and oxygen atoms in total.